The van der Waals surface area contributed by atoms with Gasteiger partial charge in [0, 0.05) is 28.3 Å². The second kappa shape index (κ2) is 6.72. The van der Waals surface area contributed by atoms with E-state index >= 15 is 0 Å². The van der Waals surface area contributed by atoms with Crippen molar-refractivity contribution in [2.75, 3.05) is 12.3 Å². The van der Waals surface area contributed by atoms with E-state index in [2.05, 4.69) is 26.2 Å². The highest BCUT2D eigenvalue weighted by atomic mass is 79.9. The first kappa shape index (κ1) is 15.5. The van der Waals surface area contributed by atoms with Crippen LogP contribution in [0.5, 0.6) is 0 Å². The molecule has 2 heterocycles. The molecule has 0 saturated heterocycles. The van der Waals surface area contributed by atoms with Gasteiger partial charge in [-0.05, 0) is 45.6 Å². The number of hydrogen-bond donors (Lipinski definition) is 2. The number of nitrogens with zero attached hydrogens (tertiary/aromatic N) is 1. The topological polar surface area (TPSA) is 68.0 Å². The number of hydrogen-bond acceptors (Lipinski definition) is 3. The summed E-state index contributed by atoms with van der Waals surface area (Å²) in [5, 5.41) is 2.83. The molecule has 0 unspecified atom stereocenters. The van der Waals surface area contributed by atoms with Crippen LogP contribution in [-0.4, -0.2) is 17.4 Å². The predicted octanol–water partition coefficient (Wildman–Crippen LogP) is 3.41. The predicted molar refractivity (Wildman–Crippen MR) is 89.2 cm³/mol. The Morgan fingerprint density at radius 1 is 1.24 bits per heavy atom. The number of rotatable bonds is 1. The molecule has 0 aliphatic carbocycles. The summed E-state index contributed by atoms with van der Waals surface area (Å²) in [4.78, 5) is 15.8. The van der Waals surface area contributed by atoms with Gasteiger partial charge < -0.3 is 11.1 Å². The lowest BCUT2D eigenvalue weighted by Crippen LogP contribution is -2.31. The Bertz CT molecular complexity index is 671. The lowest BCUT2D eigenvalue weighted by molar-refractivity contribution is 0.0946. The molecule has 0 spiro atoms. The average molecular weight is 348 g/mol. The van der Waals surface area contributed by atoms with Gasteiger partial charge >= 0.3 is 0 Å². The largest absolute Gasteiger partial charge is 0.383 e. The van der Waals surface area contributed by atoms with E-state index in [1.54, 1.807) is 6.20 Å². The third-order valence-electron chi connectivity index (χ3n) is 3.23. The molecule has 110 valence electrons. The standard InChI is InChI=1S/C14H12BrN3O.C2H6/c15-10-6-12(13(16)18-7-10)8-1-2-11-9(5-8)3-4-17-14(11)19;1-2/h1-2,5-7H,3-4H2,(H2,16,18)(H,17,19);1-2H3. The van der Waals surface area contributed by atoms with Crippen LogP contribution in [0.25, 0.3) is 11.1 Å². The fraction of sp³-hybridized carbons (Fsp3) is 0.250. The Labute approximate surface area is 132 Å². The zero-order chi connectivity index (χ0) is 15.4. The number of anilines is 1. The van der Waals surface area contributed by atoms with Gasteiger partial charge in [0.1, 0.15) is 5.82 Å². The van der Waals surface area contributed by atoms with E-state index in [4.69, 9.17) is 5.73 Å². The van der Waals surface area contributed by atoms with Crippen LogP contribution in [0.15, 0.2) is 34.9 Å². The molecule has 1 aromatic heterocycles. The zero-order valence-electron chi connectivity index (χ0n) is 12.1. The van der Waals surface area contributed by atoms with Gasteiger partial charge in [0.25, 0.3) is 5.91 Å². The fourth-order valence-electron chi connectivity index (χ4n) is 2.28. The molecule has 4 nitrogen and oxygen atoms in total. The maximum absolute atomic E-state index is 11.7. The molecule has 0 radical (unpaired) electrons. The molecular formula is C16H18BrN3O. The Morgan fingerprint density at radius 2 is 2.00 bits per heavy atom. The molecule has 0 atom stereocenters. The van der Waals surface area contributed by atoms with E-state index in [1.165, 1.54) is 0 Å². The van der Waals surface area contributed by atoms with Gasteiger partial charge in [0.2, 0.25) is 0 Å². The Balaban J connectivity index is 0.000000774. The zero-order valence-corrected chi connectivity index (χ0v) is 13.7. The highest BCUT2D eigenvalue weighted by Crippen LogP contribution is 2.29. The summed E-state index contributed by atoms with van der Waals surface area (Å²) in [6.07, 6.45) is 2.51. The van der Waals surface area contributed by atoms with E-state index in [1.807, 2.05) is 38.1 Å². The van der Waals surface area contributed by atoms with Crippen molar-refractivity contribution in [1.82, 2.24) is 10.3 Å². The number of nitrogens with one attached hydrogen (secondary N) is 1. The minimum Gasteiger partial charge on any atom is -0.383 e. The molecule has 21 heavy (non-hydrogen) atoms. The van der Waals surface area contributed by atoms with Crippen LogP contribution in [0.3, 0.4) is 0 Å². The normalized spacial score (nSPS) is 12.8. The second-order valence-corrected chi connectivity index (χ2v) is 5.38. The van der Waals surface area contributed by atoms with Gasteiger partial charge in [-0.25, -0.2) is 4.98 Å². The van der Waals surface area contributed by atoms with Crippen LogP contribution < -0.4 is 11.1 Å². The number of carbonyl (C=O) groups excluding carboxylic acids is 1. The number of fused-ring (bicyclic) bond motifs is 1. The summed E-state index contributed by atoms with van der Waals surface area (Å²) in [5.41, 5.74) is 9.58. The third-order valence-corrected chi connectivity index (χ3v) is 3.66. The van der Waals surface area contributed by atoms with E-state index in [9.17, 15) is 4.79 Å². The molecule has 1 aromatic carbocycles. The minimum absolute atomic E-state index is 0.00635. The summed E-state index contributed by atoms with van der Waals surface area (Å²) in [6.45, 7) is 4.68. The maximum Gasteiger partial charge on any atom is 0.251 e. The number of pyridine rings is 1. The fourth-order valence-corrected chi connectivity index (χ4v) is 2.61. The van der Waals surface area contributed by atoms with Crippen LogP contribution in [0.2, 0.25) is 0 Å². The van der Waals surface area contributed by atoms with Gasteiger partial charge in [-0.3, -0.25) is 4.79 Å². The quantitative estimate of drug-likeness (QED) is 0.830. The summed E-state index contributed by atoms with van der Waals surface area (Å²) >= 11 is 3.40. The molecule has 0 saturated carbocycles. The third kappa shape index (κ3) is 3.24. The maximum atomic E-state index is 11.7. The number of aromatic nitrogens is 1. The van der Waals surface area contributed by atoms with Crippen molar-refractivity contribution in [3.05, 3.63) is 46.1 Å². The number of amides is 1. The van der Waals surface area contributed by atoms with Crippen molar-refractivity contribution < 1.29 is 4.79 Å². The van der Waals surface area contributed by atoms with Crippen molar-refractivity contribution in [2.45, 2.75) is 20.3 Å². The van der Waals surface area contributed by atoms with Crippen LogP contribution in [0.1, 0.15) is 29.8 Å². The summed E-state index contributed by atoms with van der Waals surface area (Å²) in [7, 11) is 0. The first-order chi connectivity index (χ1) is 10.1. The molecule has 2 aromatic rings. The van der Waals surface area contributed by atoms with Gasteiger partial charge in [0.05, 0.1) is 0 Å². The Kier molecular flexibility index (Phi) is 4.96. The second-order valence-electron chi connectivity index (χ2n) is 4.46. The van der Waals surface area contributed by atoms with Crippen molar-refractivity contribution in [3.63, 3.8) is 0 Å². The van der Waals surface area contributed by atoms with Crippen LogP contribution in [0, 0.1) is 0 Å². The lowest BCUT2D eigenvalue weighted by atomic mass is 9.95. The van der Waals surface area contributed by atoms with E-state index in [0.717, 1.165) is 33.1 Å². The Morgan fingerprint density at radius 3 is 2.76 bits per heavy atom. The SMILES string of the molecule is CC.Nc1ncc(Br)cc1-c1ccc2c(c1)CCNC2=O. The molecule has 0 fully saturated rings. The van der Waals surface area contributed by atoms with Gasteiger partial charge in [0.15, 0.2) is 0 Å². The molecule has 1 amide bonds. The van der Waals surface area contributed by atoms with Gasteiger partial charge in [-0.1, -0.05) is 26.0 Å². The highest BCUT2D eigenvalue weighted by molar-refractivity contribution is 9.10. The van der Waals surface area contributed by atoms with Crippen LogP contribution in [-0.2, 0) is 6.42 Å². The van der Waals surface area contributed by atoms with Crippen molar-refractivity contribution in [2.24, 2.45) is 0 Å². The van der Waals surface area contributed by atoms with Crippen LogP contribution >= 0.6 is 15.9 Å². The number of nitrogen functional groups attached to an aromatic ring is 1. The molecule has 3 rings (SSSR count). The smallest absolute Gasteiger partial charge is 0.251 e. The molecule has 1 aliphatic rings. The first-order valence-electron chi connectivity index (χ1n) is 6.97. The van der Waals surface area contributed by atoms with Crippen molar-refractivity contribution in [3.8, 4) is 11.1 Å². The molecule has 3 N–H and O–H groups in total. The van der Waals surface area contributed by atoms with E-state index in [0.29, 0.717) is 12.4 Å². The van der Waals surface area contributed by atoms with Crippen molar-refractivity contribution >= 4 is 27.7 Å². The molecule has 5 heteroatoms. The average Bonchev–Trinajstić information content (AvgIpc) is 2.51. The molecular weight excluding hydrogens is 330 g/mol. The van der Waals surface area contributed by atoms with Crippen molar-refractivity contribution in [1.29, 1.82) is 0 Å². The summed E-state index contributed by atoms with van der Waals surface area (Å²) in [6, 6.07) is 7.71. The number of benzene rings is 1. The molecule has 0 bridgehead atoms. The number of nitrogens with two attached hydrogens (primary N) is 1. The van der Waals surface area contributed by atoms with Crippen LogP contribution in [0.4, 0.5) is 5.82 Å². The van der Waals surface area contributed by atoms with E-state index < -0.39 is 0 Å². The summed E-state index contributed by atoms with van der Waals surface area (Å²) in [5.74, 6) is 0.483. The summed E-state index contributed by atoms with van der Waals surface area (Å²) < 4.78 is 0.882. The Hall–Kier alpha value is -1.88. The highest BCUT2D eigenvalue weighted by Gasteiger charge is 2.17. The molecule has 1 aliphatic heterocycles. The monoisotopic (exact) mass is 347 g/mol. The lowest BCUT2D eigenvalue weighted by Gasteiger charge is -2.17. The van der Waals surface area contributed by atoms with Gasteiger partial charge in [-0.2, -0.15) is 0 Å². The number of carbonyl (C=O) groups is 1. The number of halogens is 1. The van der Waals surface area contributed by atoms with Gasteiger partial charge in [-0.15, -0.1) is 0 Å². The first-order valence-corrected chi connectivity index (χ1v) is 7.77. The minimum atomic E-state index is -0.00635. The van der Waals surface area contributed by atoms with E-state index in [-0.39, 0.29) is 5.91 Å².